The van der Waals surface area contributed by atoms with E-state index in [4.69, 9.17) is 0 Å². The number of amides is 2. The number of aromatic nitrogens is 4. The van der Waals surface area contributed by atoms with Gasteiger partial charge in [-0.15, -0.1) is 22.0 Å². The van der Waals surface area contributed by atoms with Gasteiger partial charge in [0.2, 0.25) is 5.16 Å². The lowest BCUT2D eigenvalue weighted by molar-refractivity contribution is -0.150. The van der Waals surface area contributed by atoms with Crippen LogP contribution in [0.2, 0.25) is 0 Å². The van der Waals surface area contributed by atoms with Crippen LogP contribution in [-0.4, -0.2) is 100 Å². The Bertz CT molecular complexity index is 1350. The van der Waals surface area contributed by atoms with Crippen LogP contribution in [0.25, 0.3) is 0 Å². The number of nitrogens with zero attached hydrogens (tertiary/aromatic N) is 5. The number of aliphatic carboxylic acids is 1. The molecule has 1 aromatic carbocycles. The summed E-state index contributed by atoms with van der Waals surface area (Å²) in [7, 11) is -4.56. The smallest absolute Gasteiger partial charge is 0.352 e. The molecule has 15 nitrogen and oxygen atoms in total. The molecule has 2 aromatic rings. The van der Waals surface area contributed by atoms with Gasteiger partial charge in [-0.05, 0) is 10.8 Å². The molecule has 190 valence electrons. The average molecular weight is 556 g/mol. The van der Waals surface area contributed by atoms with Crippen LogP contribution in [0.4, 0.5) is 0 Å². The van der Waals surface area contributed by atoms with Gasteiger partial charge in [-0.2, -0.15) is 13.6 Å². The summed E-state index contributed by atoms with van der Waals surface area (Å²) < 4.78 is 32.7. The summed E-state index contributed by atoms with van der Waals surface area (Å²) in [5.41, 5.74) is -0.436. The summed E-state index contributed by atoms with van der Waals surface area (Å²) in [4.78, 5) is 38.8. The minimum Gasteiger partial charge on any atom is -0.477 e. The van der Waals surface area contributed by atoms with Gasteiger partial charge < -0.3 is 15.6 Å². The molecule has 18 heteroatoms. The molecule has 0 aliphatic carbocycles. The Hall–Kier alpha value is -3.48. The van der Waals surface area contributed by atoms with Crippen molar-refractivity contribution in [1.82, 2.24) is 30.8 Å². The summed E-state index contributed by atoms with van der Waals surface area (Å²) >= 11 is 1.84. The van der Waals surface area contributed by atoms with Crippen LogP contribution >= 0.6 is 23.5 Å². The van der Waals surface area contributed by atoms with Gasteiger partial charge in [0.1, 0.15) is 17.1 Å². The molecular formula is C18H17N7O8S3. The first-order valence-corrected chi connectivity index (χ1v) is 13.5. The SMILES string of the molecule is O=C(O)C1=C(C(CS(=O)(=O)O)Sc2nn[nH]n2)CS[C@H]2[C@H](NC(=O)C(=NO)c3ccccc3)C(=O)N12. The van der Waals surface area contributed by atoms with Crippen molar-refractivity contribution in [2.45, 2.75) is 21.8 Å². The van der Waals surface area contributed by atoms with Crippen molar-refractivity contribution in [2.24, 2.45) is 5.16 Å². The van der Waals surface area contributed by atoms with Crippen molar-refractivity contribution in [3.8, 4) is 0 Å². The summed E-state index contributed by atoms with van der Waals surface area (Å²) in [6, 6.07) is 6.90. The van der Waals surface area contributed by atoms with Gasteiger partial charge in [-0.25, -0.2) is 4.79 Å². The number of fused-ring (bicyclic) bond motifs is 1. The third-order valence-electron chi connectivity index (χ3n) is 5.17. The number of rotatable bonds is 9. The number of carboxylic acids is 1. The number of carbonyl (C=O) groups is 3. The average Bonchev–Trinajstić information content (AvgIpc) is 3.34. The second kappa shape index (κ2) is 10.2. The molecule has 3 atom stereocenters. The molecule has 1 unspecified atom stereocenters. The lowest BCUT2D eigenvalue weighted by Crippen LogP contribution is -2.71. The van der Waals surface area contributed by atoms with Gasteiger partial charge in [0.15, 0.2) is 5.71 Å². The predicted octanol–water partition coefficient (Wildman–Crippen LogP) is -0.835. The van der Waals surface area contributed by atoms with Gasteiger partial charge in [-0.3, -0.25) is 19.0 Å². The highest BCUT2D eigenvalue weighted by Gasteiger charge is 2.55. The van der Waals surface area contributed by atoms with Crippen LogP contribution in [-0.2, 0) is 24.5 Å². The molecule has 1 fully saturated rings. The molecule has 0 saturated carbocycles. The first-order valence-electron chi connectivity index (χ1n) is 9.95. The van der Waals surface area contributed by atoms with Crippen molar-refractivity contribution >= 4 is 57.1 Å². The maximum atomic E-state index is 12.9. The van der Waals surface area contributed by atoms with E-state index < -0.39 is 56.0 Å². The van der Waals surface area contributed by atoms with Crippen LogP contribution in [0, 0.1) is 0 Å². The monoisotopic (exact) mass is 555 g/mol. The Morgan fingerprint density at radius 1 is 1.33 bits per heavy atom. The van der Waals surface area contributed by atoms with E-state index in [-0.39, 0.29) is 22.2 Å². The zero-order chi connectivity index (χ0) is 26.0. The topological polar surface area (TPSA) is 228 Å². The van der Waals surface area contributed by atoms with E-state index in [1.54, 1.807) is 18.2 Å². The molecule has 5 N–H and O–H groups in total. The molecule has 2 aliphatic rings. The van der Waals surface area contributed by atoms with Gasteiger partial charge in [-0.1, -0.05) is 47.2 Å². The lowest BCUT2D eigenvalue weighted by Gasteiger charge is -2.50. The third-order valence-corrected chi connectivity index (χ3v) is 8.56. The standard InChI is InChI=1S/C18H17N7O8S3/c26-14(11(22-30)8-4-2-1-3-5-8)19-12-15(27)25-13(17(28)29)9(6-34-16(12)25)10(7-36(31,32)33)35-18-20-23-24-21-18/h1-5,10,12,16,30H,6-7H2,(H,19,26)(H,28,29)(H,31,32,33)(H,20,21,23,24)/t10?,12-,16+/m1/s1. The molecule has 1 saturated heterocycles. The van der Waals surface area contributed by atoms with Gasteiger partial charge in [0.05, 0.1) is 11.0 Å². The Morgan fingerprint density at radius 2 is 2.06 bits per heavy atom. The lowest BCUT2D eigenvalue weighted by atomic mass is 10.0. The summed E-state index contributed by atoms with van der Waals surface area (Å²) in [5.74, 6) is -3.99. The van der Waals surface area contributed by atoms with Crippen LogP contribution in [0.1, 0.15) is 5.56 Å². The highest BCUT2D eigenvalue weighted by molar-refractivity contribution is 8.01. The second-order valence-corrected chi connectivity index (χ2v) is 11.2. The zero-order valence-corrected chi connectivity index (χ0v) is 20.3. The number of tetrazole rings is 1. The van der Waals surface area contributed by atoms with Crippen molar-refractivity contribution in [1.29, 1.82) is 0 Å². The van der Waals surface area contributed by atoms with E-state index in [0.717, 1.165) is 28.4 Å². The molecule has 0 bridgehead atoms. The van der Waals surface area contributed by atoms with Gasteiger partial charge >= 0.3 is 5.97 Å². The molecule has 2 amide bonds. The summed E-state index contributed by atoms with van der Waals surface area (Å²) in [6.45, 7) is 0. The van der Waals surface area contributed by atoms with Crippen LogP contribution in [0.15, 0.2) is 51.9 Å². The number of carboxylic acid groups (broad SMARTS) is 1. The largest absolute Gasteiger partial charge is 0.477 e. The molecule has 4 rings (SSSR count). The fourth-order valence-corrected chi connectivity index (χ4v) is 7.33. The number of thioether (sulfide) groups is 2. The van der Waals surface area contributed by atoms with Gasteiger partial charge in [0.25, 0.3) is 21.9 Å². The fraction of sp³-hybridized carbons (Fsp3) is 0.278. The molecule has 36 heavy (non-hydrogen) atoms. The molecule has 3 heterocycles. The second-order valence-electron chi connectivity index (χ2n) is 7.40. The van der Waals surface area contributed by atoms with Crippen molar-refractivity contribution in [3.63, 3.8) is 0 Å². The van der Waals surface area contributed by atoms with E-state index in [9.17, 15) is 37.7 Å². The summed E-state index contributed by atoms with van der Waals surface area (Å²) in [5, 5.41) is 35.7. The Kier molecular flexibility index (Phi) is 7.29. The Balaban J connectivity index is 1.59. The maximum absolute atomic E-state index is 12.9. The van der Waals surface area contributed by atoms with Crippen molar-refractivity contribution in [2.75, 3.05) is 11.5 Å². The van der Waals surface area contributed by atoms with Gasteiger partial charge in [0, 0.05) is 11.3 Å². The van der Waals surface area contributed by atoms with Crippen LogP contribution < -0.4 is 5.32 Å². The molecule has 0 radical (unpaired) electrons. The normalized spacial score (nSPS) is 21.0. The van der Waals surface area contributed by atoms with E-state index in [1.807, 2.05) is 0 Å². The van der Waals surface area contributed by atoms with Crippen LogP contribution in [0.5, 0.6) is 0 Å². The number of oxime groups is 1. The van der Waals surface area contributed by atoms with E-state index in [1.165, 1.54) is 12.1 Å². The minimum absolute atomic E-state index is 0.00446. The number of benzene rings is 1. The van der Waals surface area contributed by atoms with Crippen LogP contribution in [0.3, 0.4) is 0 Å². The van der Waals surface area contributed by atoms with E-state index >= 15 is 0 Å². The maximum Gasteiger partial charge on any atom is 0.352 e. The molecule has 1 aromatic heterocycles. The van der Waals surface area contributed by atoms with E-state index in [2.05, 4.69) is 31.1 Å². The quantitative estimate of drug-likeness (QED) is 0.0636. The number of hydrogen-bond donors (Lipinski definition) is 5. The first kappa shape index (κ1) is 25.6. The number of H-pyrrole nitrogens is 1. The number of aromatic amines is 1. The number of hydrogen-bond acceptors (Lipinski definition) is 12. The Morgan fingerprint density at radius 3 is 2.64 bits per heavy atom. The highest BCUT2D eigenvalue weighted by Crippen LogP contribution is 2.43. The zero-order valence-electron chi connectivity index (χ0n) is 17.9. The fourth-order valence-electron chi connectivity index (χ4n) is 3.66. The van der Waals surface area contributed by atoms with E-state index in [0.29, 0.717) is 5.56 Å². The third kappa shape index (κ3) is 5.20. The number of carbonyl (C=O) groups excluding carboxylic acids is 2. The van der Waals surface area contributed by atoms with Crippen molar-refractivity contribution < 1.29 is 37.7 Å². The molecule has 0 spiro atoms. The predicted molar refractivity (Wildman–Crippen MR) is 125 cm³/mol. The summed E-state index contributed by atoms with van der Waals surface area (Å²) in [6.07, 6.45) is 0. The molecular weight excluding hydrogens is 538 g/mol. The first-order chi connectivity index (χ1) is 17.1. The number of β-lactam (4-membered cyclic amide) rings is 1. The van der Waals surface area contributed by atoms with Crippen molar-refractivity contribution in [3.05, 3.63) is 47.2 Å². The molecule has 2 aliphatic heterocycles. The number of nitrogens with one attached hydrogen (secondary N) is 2. The Labute approximate surface area is 211 Å². The minimum atomic E-state index is -4.56. The highest BCUT2D eigenvalue weighted by atomic mass is 32.2.